The Kier molecular flexibility index (Phi) is 5.57. The maximum absolute atomic E-state index is 11.5. The van der Waals surface area contributed by atoms with Crippen LogP contribution in [0, 0.1) is 17.8 Å². The molecule has 100 valence electrons. The van der Waals surface area contributed by atoms with Crippen LogP contribution >= 0.6 is 11.6 Å². The highest BCUT2D eigenvalue weighted by molar-refractivity contribution is 6.19. The van der Waals surface area contributed by atoms with Crippen LogP contribution in [0.15, 0.2) is 0 Å². The summed E-state index contributed by atoms with van der Waals surface area (Å²) < 4.78 is 10.2. The summed E-state index contributed by atoms with van der Waals surface area (Å²) in [5.74, 6) is 1.56. The van der Waals surface area contributed by atoms with Crippen molar-refractivity contribution in [3.8, 4) is 0 Å². The summed E-state index contributed by atoms with van der Waals surface area (Å²) in [7, 11) is 0. The number of alkyl halides is 1. The highest BCUT2D eigenvalue weighted by Gasteiger charge is 2.33. The van der Waals surface area contributed by atoms with E-state index in [9.17, 15) is 4.79 Å². The van der Waals surface area contributed by atoms with E-state index >= 15 is 0 Å². The first kappa shape index (κ1) is 14.6. The first-order valence-corrected chi connectivity index (χ1v) is 6.85. The van der Waals surface area contributed by atoms with E-state index < -0.39 is 11.7 Å². The molecule has 4 heteroatoms. The largest absolute Gasteiger partial charge is 0.510 e. The molecular formula is C13H23ClO3. The van der Waals surface area contributed by atoms with Gasteiger partial charge < -0.3 is 9.47 Å². The second-order valence-corrected chi connectivity index (χ2v) is 6.01. The average Bonchev–Trinajstić information content (AvgIpc) is 2.15. The van der Waals surface area contributed by atoms with Crippen LogP contribution in [0.5, 0.6) is 0 Å². The molecule has 0 amide bonds. The van der Waals surface area contributed by atoms with E-state index in [4.69, 9.17) is 21.1 Å². The predicted octanol–water partition coefficient (Wildman–Crippen LogP) is 4.19. The number of carbonyl (C=O) groups excluding carboxylic acids is 1. The molecule has 0 aromatic heterocycles. The van der Waals surface area contributed by atoms with E-state index in [1.54, 1.807) is 6.92 Å². The van der Waals surface area contributed by atoms with Gasteiger partial charge in [-0.25, -0.2) is 4.79 Å². The Balaban J connectivity index is 2.54. The molecule has 4 atom stereocenters. The summed E-state index contributed by atoms with van der Waals surface area (Å²) in [6.07, 6.45) is 2.59. The van der Waals surface area contributed by atoms with E-state index in [0.717, 1.165) is 12.8 Å². The summed E-state index contributed by atoms with van der Waals surface area (Å²) in [5.41, 5.74) is -0.638. The minimum absolute atomic E-state index is 0.0262. The number of carbonyl (C=O) groups is 1. The summed E-state index contributed by atoms with van der Waals surface area (Å²) >= 11 is 5.59. The summed E-state index contributed by atoms with van der Waals surface area (Å²) in [5, 5.41) is 0. The molecule has 1 fully saturated rings. The van der Waals surface area contributed by atoms with Crippen molar-refractivity contribution in [3.05, 3.63) is 0 Å². The topological polar surface area (TPSA) is 35.5 Å². The Morgan fingerprint density at radius 1 is 1.29 bits per heavy atom. The fourth-order valence-electron chi connectivity index (χ4n) is 2.53. The lowest BCUT2D eigenvalue weighted by Gasteiger charge is -2.36. The highest BCUT2D eigenvalue weighted by atomic mass is 35.5. The number of halogens is 1. The van der Waals surface area contributed by atoms with Crippen molar-refractivity contribution in [3.63, 3.8) is 0 Å². The van der Waals surface area contributed by atoms with Crippen molar-refractivity contribution < 1.29 is 14.3 Å². The molecule has 0 aliphatic heterocycles. The number of ether oxygens (including phenoxy) is 2. The molecule has 0 heterocycles. The molecule has 0 radical (unpaired) electrons. The van der Waals surface area contributed by atoms with Crippen LogP contribution in [0.2, 0.25) is 0 Å². The van der Waals surface area contributed by atoms with Gasteiger partial charge in [-0.05, 0) is 37.5 Å². The zero-order valence-corrected chi connectivity index (χ0v) is 11.9. The minimum atomic E-state index is -0.641. The quantitative estimate of drug-likeness (QED) is 0.565. The van der Waals surface area contributed by atoms with Crippen molar-refractivity contribution >= 4 is 17.8 Å². The van der Waals surface area contributed by atoms with E-state index in [1.165, 1.54) is 6.42 Å². The van der Waals surface area contributed by atoms with E-state index in [0.29, 0.717) is 17.8 Å². The number of hydrogen-bond acceptors (Lipinski definition) is 3. The van der Waals surface area contributed by atoms with Gasteiger partial charge in [0.15, 0.2) is 5.56 Å². The van der Waals surface area contributed by atoms with E-state index in [2.05, 4.69) is 20.8 Å². The maximum atomic E-state index is 11.5. The van der Waals surface area contributed by atoms with Crippen LogP contribution < -0.4 is 0 Å². The molecule has 1 aliphatic carbocycles. The molecule has 0 N–H and O–H groups in total. The van der Waals surface area contributed by atoms with Crippen LogP contribution in [0.4, 0.5) is 4.79 Å². The molecule has 0 aromatic carbocycles. The molecule has 0 spiro atoms. The minimum Gasteiger partial charge on any atom is -0.431 e. The third-order valence-electron chi connectivity index (χ3n) is 3.47. The smallest absolute Gasteiger partial charge is 0.431 e. The zero-order valence-electron chi connectivity index (χ0n) is 11.1. The lowest BCUT2D eigenvalue weighted by atomic mass is 9.75. The number of hydrogen-bond donors (Lipinski definition) is 0. The van der Waals surface area contributed by atoms with Crippen molar-refractivity contribution in [1.82, 2.24) is 0 Å². The summed E-state index contributed by atoms with van der Waals surface area (Å²) in [6.45, 7) is 8.15. The van der Waals surface area contributed by atoms with Crippen LogP contribution in [-0.2, 0) is 9.47 Å². The van der Waals surface area contributed by atoms with Gasteiger partial charge in [-0.15, -0.1) is 0 Å². The molecule has 0 bridgehead atoms. The zero-order chi connectivity index (χ0) is 13.0. The molecule has 17 heavy (non-hydrogen) atoms. The Hall–Kier alpha value is -0.440. The molecule has 0 saturated heterocycles. The van der Waals surface area contributed by atoms with Crippen molar-refractivity contribution in [1.29, 1.82) is 0 Å². The fourth-order valence-corrected chi connectivity index (χ4v) is 2.61. The Labute approximate surface area is 109 Å². The SMILES string of the molecule is CC(Cl)OC(=O)O[C@@H]1C[C@H](C)CC[C@H]1C(C)C. The van der Waals surface area contributed by atoms with Crippen LogP contribution in [0.3, 0.4) is 0 Å². The van der Waals surface area contributed by atoms with Crippen molar-refractivity contribution in [2.75, 3.05) is 0 Å². The third-order valence-corrected chi connectivity index (χ3v) is 3.56. The second-order valence-electron chi connectivity index (χ2n) is 5.39. The molecular weight excluding hydrogens is 240 g/mol. The molecule has 1 unspecified atom stereocenters. The lowest BCUT2D eigenvalue weighted by Crippen LogP contribution is -2.36. The Morgan fingerprint density at radius 3 is 2.47 bits per heavy atom. The maximum Gasteiger partial charge on any atom is 0.510 e. The molecule has 3 nitrogen and oxygen atoms in total. The van der Waals surface area contributed by atoms with Crippen LogP contribution in [-0.4, -0.2) is 17.8 Å². The van der Waals surface area contributed by atoms with Gasteiger partial charge in [0.2, 0.25) is 0 Å². The fraction of sp³-hybridized carbons (Fsp3) is 0.923. The molecule has 1 saturated carbocycles. The Morgan fingerprint density at radius 2 is 1.94 bits per heavy atom. The van der Waals surface area contributed by atoms with Gasteiger partial charge in [-0.1, -0.05) is 38.8 Å². The van der Waals surface area contributed by atoms with Crippen molar-refractivity contribution in [2.24, 2.45) is 17.8 Å². The first-order valence-electron chi connectivity index (χ1n) is 6.41. The first-order chi connectivity index (χ1) is 7.90. The summed E-state index contributed by atoms with van der Waals surface area (Å²) in [6, 6.07) is 0. The lowest BCUT2D eigenvalue weighted by molar-refractivity contribution is -0.0342. The van der Waals surface area contributed by atoms with E-state index in [1.807, 2.05) is 0 Å². The van der Waals surface area contributed by atoms with Crippen LogP contribution in [0.25, 0.3) is 0 Å². The number of rotatable bonds is 3. The third kappa shape index (κ3) is 4.74. The monoisotopic (exact) mass is 262 g/mol. The van der Waals surface area contributed by atoms with Gasteiger partial charge in [-0.2, -0.15) is 0 Å². The van der Waals surface area contributed by atoms with Gasteiger partial charge in [0.1, 0.15) is 6.10 Å². The van der Waals surface area contributed by atoms with Gasteiger partial charge in [0.25, 0.3) is 0 Å². The normalized spacial score (nSPS) is 31.1. The van der Waals surface area contributed by atoms with E-state index in [-0.39, 0.29) is 6.10 Å². The average molecular weight is 263 g/mol. The molecule has 0 aromatic rings. The highest BCUT2D eigenvalue weighted by Crippen LogP contribution is 2.35. The molecule has 1 rings (SSSR count). The van der Waals surface area contributed by atoms with Gasteiger partial charge in [0.05, 0.1) is 0 Å². The standard InChI is InChI=1S/C13H23ClO3/c1-8(2)11-6-5-9(3)7-12(11)17-13(15)16-10(4)14/h8-12H,5-7H2,1-4H3/t9-,10?,11+,12-/m1/s1. The summed E-state index contributed by atoms with van der Waals surface area (Å²) in [4.78, 5) is 11.5. The van der Waals surface area contributed by atoms with Gasteiger partial charge >= 0.3 is 6.16 Å². The second kappa shape index (κ2) is 6.48. The predicted molar refractivity (Wildman–Crippen MR) is 68.0 cm³/mol. The van der Waals surface area contributed by atoms with Gasteiger partial charge in [0, 0.05) is 0 Å². The van der Waals surface area contributed by atoms with Gasteiger partial charge in [-0.3, -0.25) is 0 Å². The molecule has 1 aliphatic rings. The van der Waals surface area contributed by atoms with Crippen LogP contribution in [0.1, 0.15) is 47.0 Å². The van der Waals surface area contributed by atoms with Crippen molar-refractivity contribution in [2.45, 2.75) is 58.6 Å². The Bertz CT molecular complexity index is 253.